The van der Waals surface area contributed by atoms with Gasteiger partial charge in [0.25, 0.3) is 0 Å². The number of likely N-dealkylation sites (N-methyl/N-ethyl adjacent to an activating group) is 1. The Balaban J connectivity index is 2.91. The smallest absolute Gasteiger partial charge is 0.0660 e. The van der Waals surface area contributed by atoms with Crippen LogP contribution in [0.3, 0.4) is 0 Å². The molecule has 2 atom stereocenters. The predicted molar refractivity (Wildman–Crippen MR) is 81.6 cm³/mol. The van der Waals surface area contributed by atoms with Crippen molar-refractivity contribution in [3.05, 3.63) is 34.9 Å². The molecule has 0 saturated heterocycles. The molecule has 2 N–H and O–H groups in total. The first-order valence-electron chi connectivity index (χ1n) is 6.71. The van der Waals surface area contributed by atoms with Crippen LogP contribution in [0.5, 0.6) is 0 Å². The lowest BCUT2D eigenvalue weighted by Crippen LogP contribution is -2.53. The van der Waals surface area contributed by atoms with Gasteiger partial charge < -0.3 is 10.5 Å². The van der Waals surface area contributed by atoms with Crippen molar-refractivity contribution in [1.29, 1.82) is 0 Å². The third kappa shape index (κ3) is 3.93. The molecule has 0 amide bonds. The first-order valence-corrected chi connectivity index (χ1v) is 7.09. The van der Waals surface area contributed by atoms with E-state index in [4.69, 9.17) is 22.1 Å². The van der Waals surface area contributed by atoms with Crippen LogP contribution in [0, 0.1) is 0 Å². The molecule has 0 bridgehead atoms. The summed E-state index contributed by atoms with van der Waals surface area (Å²) in [5.41, 5.74) is 6.86. The minimum absolute atomic E-state index is 0.183. The zero-order valence-electron chi connectivity index (χ0n) is 12.3. The molecule has 0 aliphatic rings. The minimum atomic E-state index is -0.200. The quantitative estimate of drug-likeness (QED) is 0.836. The van der Waals surface area contributed by atoms with Crippen molar-refractivity contribution in [2.75, 3.05) is 26.8 Å². The average Bonchev–Trinajstić information content (AvgIpc) is 2.43. The lowest BCUT2D eigenvalue weighted by Gasteiger charge is -2.41. The lowest BCUT2D eigenvalue weighted by atomic mass is 9.97. The number of nitrogens with zero attached hydrogens (tertiary/aromatic N) is 1. The van der Waals surface area contributed by atoms with Crippen molar-refractivity contribution in [3.63, 3.8) is 0 Å². The minimum Gasteiger partial charge on any atom is -0.380 e. The normalized spacial score (nSPS) is 16.4. The maximum Gasteiger partial charge on any atom is 0.0660 e. The van der Waals surface area contributed by atoms with E-state index < -0.39 is 0 Å². The van der Waals surface area contributed by atoms with Crippen LogP contribution in [0.4, 0.5) is 0 Å². The highest BCUT2D eigenvalue weighted by atomic mass is 35.5. The number of rotatable bonds is 7. The van der Waals surface area contributed by atoms with Crippen LogP contribution < -0.4 is 5.73 Å². The third-order valence-electron chi connectivity index (χ3n) is 3.84. The van der Waals surface area contributed by atoms with Gasteiger partial charge in [-0.1, -0.05) is 29.8 Å². The SMILES string of the molecule is CCOCC(C)(CN)N(C)C(C)c1ccccc1Cl. The maximum atomic E-state index is 6.27. The Morgan fingerprint density at radius 1 is 1.42 bits per heavy atom. The van der Waals surface area contributed by atoms with Gasteiger partial charge in [0.1, 0.15) is 0 Å². The van der Waals surface area contributed by atoms with Gasteiger partial charge in [-0.05, 0) is 39.4 Å². The lowest BCUT2D eigenvalue weighted by molar-refractivity contribution is 0.00545. The monoisotopic (exact) mass is 284 g/mol. The highest BCUT2D eigenvalue weighted by Gasteiger charge is 2.32. The van der Waals surface area contributed by atoms with Crippen molar-refractivity contribution in [1.82, 2.24) is 4.90 Å². The zero-order chi connectivity index (χ0) is 14.5. The van der Waals surface area contributed by atoms with Crippen molar-refractivity contribution < 1.29 is 4.74 Å². The van der Waals surface area contributed by atoms with Crippen molar-refractivity contribution in [2.24, 2.45) is 5.73 Å². The van der Waals surface area contributed by atoms with Gasteiger partial charge in [0, 0.05) is 24.2 Å². The highest BCUT2D eigenvalue weighted by molar-refractivity contribution is 6.31. The molecule has 108 valence electrons. The van der Waals surface area contributed by atoms with Gasteiger partial charge in [-0.15, -0.1) is 0 Å². The molecule has 3 nitrogen and oxygen atoms in total. The van der Waals surface area contributed by atoms with Crippen molar-refractivity contribution in [2.45, 2.75) is 32.4 Å². The van der Waals surface area contributed by atoms with Gasteiger partial charge in [-0.3, -0.25) is 4.90 Å². The van der Waals surface area contributed by atoms with Gasteiger partial charge in [-0.2, -0.15) is 0 Å². The molecule has 0 aliphatic heterocycles. The van der Waals surface area contributed by atoms with E-state index in [2.05, 4.69) is 31.9 Å². The second kappa shape index (κ2) is 7.25. The van der Waals surface area contributed by atoms with Crippen molar-refractivity contribution >= 4 is 11.6 Å². The van der Waals surface area contributed by atoms with E-state index in [-0.39, 0.29) is 11.6 Å². The maximum absolute atomic E-state index is 6.27. The van der Waals surface area contributed by atoms with E-state index in [1.807, 2.05) is 25.1 Å². The Kier molecular flexibility index (Phi) is 6.27. The van der Waals surface area contributed by atoms with Crippen LogP contribution in [-0.2, 0) is 4.74 Å². The second-order valence-corrected chi connectivity index (χ2v) is 5.55. The number of benzene rings is 1. The van der Waals surface area contributed by atoms with E-state index in [9.17, 15) is 0 Å². The summed E-state index contributed by atoms with van der Waals surface area (Å²) in [7, 11) is 2.07. The van der Waals surface area contributed by atoms with Crippen LogP contribution in [0.15, 0.2) is 24.3 Å². The van der Waals surface area contributed by atoms with Gasteiger partial charge in [-0.25, -0.2) is 0 Å². The van der Waals surface area contributed by atoms with E-state index in [0.29, 0.717) is 19.8 Å². The number of hydrogen-bond acceptors (Lipinski definition) is 3. The topological polar surface area (TPSA) is 38.5 Å². The van der Waals surface area contributed by atoms with Gasteiger partial charge in [0.2, 0.25) is 0 Å². The number of halogens is 1. The summed E-state index contributed by atoms with van der Waals surface area (Å²) < 4.78 is 5.57. The van der Waals surface area contributed by atoms with Crippen LogP contribution in [0.2, 0.25) is 5.02 Å². The number of ether oxygens (including phenoxy) is 1. The Morgan fingerprint density at radius 2 is 2.05 bits per heavy atom. The highest BCUT2D eigenvalue weighted by Crippen LogP contribution is 2.30. The third-order valence-corrected chi connectivity index (χ3v) is 4.19. The van der Waals surface area contributed by atoms with E-state index in [1.54, 1.807) is 0 Å². The van der Waals surface area contributed by atoms with Crippen LogP contribution in [0.1, 0.15) is 32.4 Å². The Hall–Kier alpha value is -0.610. The molecular weight excluding hydrogens is 260 g/mol. The Bertz CT molecular complexity index is 399. The van der Waals surface area contributed by atoms with E-state index >= 15 is 0 Å². The van der Waals surface area contributed by atoms with Crippen LogP contribution in [-0.4, -0.2) is 37.2 Å². The molecular formula is C15H25ClN2O. The zero-order valence-corrected chi connectivity index (χ0v) is 13.1. The summed E-state index contributed by atoms with van der Waals surface area (Å²) in [5.74, 6) is 0. The average molecular weight is 285 g/mol. The molecule has 0 spiro atoms. The first kappa shape index (κ1) is 16.4. The first-order chi connectivity index (χ1) is 8.96. The number of hydrogen-bond donors (Lipinski definition) is 1. The Labute approximate surface area is 121 Å². The molecule has 19 heavy (non-hydrogen) atoms. The molecule has 1 rings (SSSR count). The standard InChI is InChI=1S/C15H25ClN2O/c1-5-19-11-15(3,10-17)18(4)12(2)13-8-6-7-9-14(13)16/h6-9,12H,5,10-11,17H2,1-4H3. The van der Waals surface area contributed by atoms with Gasteiger partial charge in [0.15, 0.2) is 0 Å². The molecule has 0 aromatic heterocycles. The largest absolute Gasteiger partial charge is 0.380 e. The molecule has 0 fully saturated rings. The fraction of sp³-hybridized carbons (Fsp3) is 0.600. The molecule has 4 heteroatoms. The molecule has 0 heterocycles. The van der Waals surface area contributed by atoms with Crippen LogP contribution in [0.25, 0.3) is 0 Å². The van der Waals surface area contributed by atoms with Crippen LogP contribution >= 0.6 is 11.6 Å². The summed E-state index contributed by atoms with van der Waals surface area (Å²) >= 11 is 6.27. The molecule has 1 aromatic carbocycles. The summed E-state index contributed by atoms with van der Waals surface area (Å²) in [4.78, 5) is 2.24. The van der Waals surface area contributed by atoms with Gasteiger partial charge >= 0.3 is 0 Å². The summed E-state index contributed by atoms with van der Waals surface area (Å²) in [5, 5.41) is 0.789. The molecule has 0 saturated carbocycles. The van der Waals surface area contributed by atoms with E-state index in [0.717, 1.165) is 10.6 Å². The van der Waals surface area contributed by atoms with Crippen molar-refractivity contribution in [3.8, 4) is 0 Å². The predicted octanol–water partition coefficient (Wildman–Crippen LogP) is 3.09. The summed E-state index contributed by atoms with van der Waals surface area (Å²) in [6.45, 7) is 8.11. The fourth-order valence-corrected chi connectivity index (χ4v) is 2.41. The molecule has 2 unspecified atom stereocenters. The van der Waals surface area contributed by atoms with Gasteiger partial charge in [0.05, 0.1) is 12.1 Å². The Morgan fingerprint density at radius 3 is 2.58 bits per heavy atom. The second-order valence-electron chi connectivity index (χ2n) is 5.15. The fourth-order valence-electron chi connectivity index (χ4n) is 2.12. The molecule has 0 aliphatic carbocycles. The summed E-state index contributed by atoms with van der Waals surface area (Å²) in [6, 6.07) is 8.11. The van der Waals surface area contributed by atoms with E-state index in [1.165, 1.54) is 0 Å². The summed E-state index contributed by atoms with van der Waals surface area (Å²) in [6.07, 6.45) is 0. The molecule has 0 radical (unpaired) electrons. The number of nitrogens with two attached hydrogens (primary N) is 1. The molecule has 1 aromatic rings.